The van der Waals surface area contributed by atoms with Gasteiger partial charge in [-0.25, -0.2) is 12.8 Å². The summed E-state index contributed by atoms with van der Waals surface area (Å²) in [7, 11) is -2.37. The number of nitrogens with zero attached hydrogens (tertiary/aromatic N) is 3. The maximum atomic E-state index is 14.1. The number of sulfonamides is 1. The van der Waals surface area contributed by atoms with E-state index in [2.05, 4.69) is 10.2 Å². The number of piperidine rings is 1. The first-order valence-electron chi connectivity index (χ1n) is 8.91. The molecule has 0 amide bonds. The first-order valence-corrected chi connectivity index (χ1v) is 10.3. The summed E-state index contributed by atoms with van der Waals surface area (Å²) in [6.45, 7) is 2.50. The normalized spacial score (nSPS) is 17.9. The van der Waals surface area contributed by atoms with Crippen LogP contribution >= 0.6 is 0 Å². The highest BCUT2D eigenvalue weighted by molar-refractivity contribution is 7.89. The Morgan fingerprint density at radius 1 is 1.21 bits per heavy atom. The maximum absolute atomic E-state index is 14.1. The number of methoxy groups -OCH3 is 1. The lowest BCUT2D eigenvalue weighted by Gasteiger charge is -2.31. The molecule has 0 saturated carbocycles. The minimum absolute atomic E-state index is 0.0272. The van der Waals surface area contributed by atoms with Gasteiger partial charge < -0.3 is 14.2 Å². The lowest BCUT2D eigenvalue weighted by molar-refractivity contribution is 0.123. The largest absolute Gasteiger partial charge is 0.491 e. The summed E-state index contributed by atoms with van der Waals surface area (Å²) in [5.74, 6) is -0.0319. The highest BCUT2D eigenvalue weighted by atomic mass is 32.2. The van der Waals surface area contributed by atoms with Crippen LogP contribution in [-0.2, 0) is 10.0 Å². The van der Waals surface area contributed by atoms with E-state index in [1.807, 2.05) is 0 Å². The average molecular weight is 411 g/mol. The first-order chi connectivity index (χ1) is 13.4. The third kappa shape index (κ3) is 4.50. The molecule has 2 heterocycles. The molecule has 1 saturated heterocycles. The zero-order valence-corrected chi connectivity index (χ0v) is 16.5. The molecule has 1 aliphatic heterocycles. The van der Waals surface area contributed by atoms with E-state index in [4.69, 9.17) is 14.2 Å². The predicted molar refractivity (Wildman–Crippen MR) is 98.6 cm³/mol. The summed E-state index contributed by atoms with van der Waals surface area (Å²) in [6.07, 6.45) is 0.920. The van der Waals surface area contributed by atoms with Crippen LogP contribution in [0.4, 0.5) is 4.39 Å². The van der Waals surface area contributed by atoms with Crippen LogP contribution in [0.1, 0.15) is 19.8 Å². The highest BCUT2D eigenvalue weighted by Gasteiger charge is 2.32. The van der Waals surface area contributed by atoms with Gasteiger partial charge in [0.2, 0.25) is 21.8 Å². The van der Waals surface area contributed by atoms with Gasteiger partial charge in [0.15, 0.2) is 11.6 Å². The van der Waals surface area contributed by atoms with E-state index >= 15 is 0 Å². The molecule has 0 spiro atoms. The van der Waals surface area contributed by atoms with Crippen molar-refractivity contribution in [3.8, 4) is 17.5 Å². The van der Waals surface area contributed by atoms with Crippen molar-refractivity contribution in [3.05, 3.63) is 36.1 Å². The summed E-state index contributed by atoms with van der Waals surface area (Å²) in [5.41, 5.74) is 0. The lowest BCUT2D eigenvalue weighted by atomic mass is 10.1. The zero-order valence-electron chi connectivity index (χ0n) is 15.7. The minimum atomic E-state index is -3.85. The Bertz CT molecular complexity index is 908. The van der Waals surface area contributed by atoms with Crippen molar-refractivity contribution in [3.63, 3.8) is 0 Å². The summed E-state index contributed by atoms with van der Waals surface area (Å²) in [6, 6.07) is 6.89. The van der Waals surface area contributed by atoms with Gasteiger partial charge in [0.25, 0.3) is 0 Å². The predicted octanol–water partition coefficient (Wildman–Crippen LogP) is 2.26. The van der Waals surface area contributed by atoms with E-state index < -0.39 is 15.8 Å². The Balaban J connectivity index is 1.72. The maximum Gasteiger partial charge on any atom is 0.243 e. The summed E-state index contributed by atoms with van der Waals surface area (Å²) >= 11 is 0. The second-order valence-electron chi connectivity index (χ2n) is 6.18. The molecular formula is C18H22FN3O5S. The smallest absolute Gasteiger partial charge is 0.243 e. The molecule has 2 aromatic rings. The second-order valence-corrected chi connectivity index (χ2v) is 8.12. The van der Waals surface area contributed by atoms with Gasteiger partial charge in [-0.05, 0) is 38.0 Å². The van der Waals surface area contributed by atoms with E-state index in [1.54, 1.807) is 19.1 Å². The fourth-order valence-corrected chi connectivity index (χ4v) is 4.46. The molecule has 152 valence electrons. The standard InChI is InChI=1S/C18H22FN3O5S/c1-3-26-16-7-6-14(11-15(16)19)28(23,24)22-10-4-5-13(12-22)27-18-9-8-17(25-2)20-21-18/h6-9,11,13H,3-5,10,12H2,1-2H3. The molecule has 0 radical (unpaired) electrons. The lowest BCUT2D eigenvalue weighted by Crippen LogP contribution is -2.44. The summed E-state index contributed by atoms with van der Waals surface area (Å²) in [5, 5.41) is 7.73. The van der Waals surface area contributed by atoms with Crippen molar-refractivity contribution in [2.24, 2.45) is 0 Å². The Kier molecular flexibility index (Phi) is 6.30. The van der Waals surface area contributed by atoms with Crippen LogP contribution in [0.3, 0.4) is 0 Å². The molecule has 1 unspecified atom stereocenters. The van der Waals surface area contributed by atoms with Gasteiger partial charge in [-0.3, -0.25) is 0 Å². The van der Waals surface area contributed by atoms with E-state index in [9.17, 15) is 12.8 Å². The van der Waals surface area contributed by atoms with Crippen LogP contribution in [-0.4, -0.2) is 55.8 Å². The summed E-state index contributed by atoms with van der Waals surface area (Å²) < 4.78 is 57.1. The number of ether oxygens (including phenoxy) is 3. The number of halogens is 1. The molecule has 1 atom stereocenters. The highest BCUT2D eigenvalue weighted by Crippen LogP contribution is 2.26. The van der Waals surface area contributed by atoms with Crippen LogP contribution < -0.4 is 14.2 Å². The average Bonchev–Trinajstić information content (AvgIpc) is 2.70. The monoisotopic (exact) mass is 411 g/mol. The molecule has 1 aliphatic rings. The van der Waals surface area contributed by atoms with Gasteiger partial charge >= 0.3 is 0 Å². The van der Waals surface area contributed by atoms with E-state index in [1.165, 1.54) is 23.5 Å². The molecule has 28 heavy (non-hydrogen) atoms. The van der Waals surface area contributed by atoms with E-state index in [0.717, 1.165) is 6.07 Å². The van der Waals surface area contributed by atoms with Gasteiger partial charge in [0.05, 0.1) is 25.2 Å². The third-order valence-electron chi connectivity index (χ3n) is 4.29. The molecule has 1 aromatic heterocycles. The van der Waals surface area contributed by atoms with Crippen LogP contribution in [0, 0.1) is 5.82 Å². The van der Waals surface area contributed by atoms with E-state index in [-0.39, 0.29) is 29.2 Å². The van der Waals surface area contributed by atoms with Crippen LogP contribution in [0.2, 0.25) is 0 Å². The van der Waals surface area contributed by atoms with Crippen LogP contribution in [0.5, 0.6) is 17.5 Å². The number of rotatable bonds is 7. The Morgan fingerprint density at radius 2 is 1.96 bits per heavy atom. The van der Waals surface area contributed by atoms with Crippen molar-refractivity contribution >= 4 is 10.0 Å². The second kappa shape index (κ2) is 8.70. The number of hydrogen-bond donors (Lipinski definition) is 0. The van der Waals surface area contributed by atoms with Crippen LogP contribution in [0.15, 0.2) is 35.2 Å². The first kappa shape index (κ1) is 20.3. The van der Waals surface area contributed by atoms with Crippen molar-refractivity contribution in [2.75, 3.05) is 26.8 Å². The molecule has 1 fully saturated rings. The molecule has 0 N–H and O–H groups in total. The Hall–Kier alpha value is -2.46. The van der Waals surface area contributed by atoms with Gasteiger partial charge in [0.1, 0.15) is 6.10 Å². The van der Waals surface area contributed by atoms with Crippen LogP contribution in [0.25, 0.3) is 0 Å². The van der Waals surface area contributed by atoms with Crippen molar-refractivity contribution in [1.29, 1.82) is 0 Å². The fourth-order valence-electron chi connectivity index (χ4n) is 2.93. The third-order valence-corrected chi connectivity index (χ3v) is 6.16. The quantitative estimate of drug-likeness (QED) is 0.690. The molecule has 10 heteroatoms. The van der Waals surface area contributed by atoms with Crippen molar-refractivity contribution < 1.29 is 27.0 Å². The van der Waals surface area contributed by atoms with Gasteiger partial charge in [0, 0.05) is 18.7 Å². The minimum Gasteiger partial charge on any atom is -0.491 e. The fraction of sp³-hybridized carbons (Fsp3) is 0.444. The molecule has 3 rings (SSSR count). The molecule has 0 aliphatic carbocycles. The Labute approximate surface area is 163 Å². The zero-order chi connectivity index (χ0) is 20.1. The Morgan fingerprint density at radius 3 is 2.61 bits per heavy atom. The molecule has 8 nitrogen and oxygen atoms in total. The number of aromatic nitrogens is 2. The molecular weight excluding hydrogens is 389 g/mol. The number of hydrogen-bond acceptors (Lipinski definition) is 7. The van der Waals surface area contributed by atoms with Crippen molar-refractivity contribution in [1.82, 2.24) is 14.5 Å². The van der Waals surface area contributed by atoms with Gasteiger partial charge in [-0.1, -0.05) is 0 Å². The molecule has 0 bridgehead atoms. The van der Waals surface area contributed by atoms with E-state index in [0.29, 0.717) is 31.9 Å². The van der Waals surface area contributed by atoms with Gasteiger partial charge in [-0.15, -0.1) is 10.2 Å². The number of benzene rings is 1. The SMILES string of the molecule is CCOc1ccc(S(=O)(=O)N2CCCC(Oc3ccc(OC)nn3)C2)cc1F. The van der Waals surface area contributed by atoms with Crippen molar-refractivity contribution in [2.45, 2.75) is 30.8 Å². The topological polar surface area (TPSA) is 90.9 Å². The van der Waals surface area contributed by atoms with Gasteiger partial charge in [-0.2, -0.15) is 4.31 Å². The molecule has 1 aromatic carbocycles. The summed E-state index contributed by atoms with van der Waals surface area (Å²) in [4.78, 5) is -0.113.